The monoisotopic (exact) mass is 282 g/mol. The van der Waals surface area contributed by atoms with Crippen molar-refractivity contribution >= 4 is 32.8 Å². The highest BCUT2D eigenvalue weighted by molar-refractivity contribution is 9.10. The molecule has 1 aromatic heterocycles. The van der Waals surface area contributed by atoms with Crippen LogP contribution in [0.4, 0.5) is 0 Å². The highest BCUT2D eigenvalue weighted by Crippen LogP contribution is 2.27. The van der Waals surface area contributed by atoms with Crippen LogP contribution in [0.3, 0.4) is 0 Å². The molecule has 0 amide bonds. The van der Waals surface area contributed by atoms with Crippen molar-refractivity contribution < 1.29 is 9.90 Å². The van der Waals surface area contributed by atoms with Gasteiger partial charge in [0.2, 0.25) is 0 Å². The second-order valence-corrected chi connectivity index (χ2v) is 4.48. The number of aromatic amines is 1. The number of carbonyl (C=O) groups is 1. The Morgan fingerprint density at radius 1 is 1.56 bits per heavy atom. The number of carboxylic acids is 1. The molecular formula is C11H11BrN2O2. The number of benzene rings is 1. The van der Waals surface area contributed by atoms with Gasteiger partial charge in [0.25, 0.3) is 0 Å². The van der Waals surface area contributed by atoms with E-state index in [2.05, 4.69) is 20.9 Å². The van der Waals surface area contributed by atoms with Crippen molar-refractivity contribution in [1.29, 1.82) is 0 Å². The van der Waals surface area contributed by atoms with Gasteiger partial charge in [0.1, 0.15) is 6.04 Å². The van der Waals surface area contributed by atoms with Gasteiger partial charge < -0.3 is 15.8 Å². The van der Waals surface area contributed by atoms with E-state index in [9.17, 15) is 4.79 Å². The van der Waals surface area contributed by atoms with E-state index in [0.717, 1.165) is 20.9 Å². The Hall–Kier alpha value is -1.33. The number of halogens is 1. The topological polar surface area (TPSA) is 79.1 Å². The number of fused-ring (bicyclic) bond motifs is 1. The average molecular weight is 283 g/mol. The summed E-state index contributed by atoms with van der Waals surface area (Å²) in [5, 5.41) is 9.77. The Labute approximate surface area is 101 Å². The third-order valence-electron chi connectivity index (χ3n) is 2.49. The average Bonchev–Trinajstić information content (AvgIpc) is 2.63. The number of rotatable bonds is 3. The van der Waals surface area contributed by atoms with Gasteiger partial charge in [0.05, 0.1) is 0 Å². The summed E-state index contributed by atoms with van der Waals surface area (Å²) in [6.07, 6.45) is 2.12. The molecule has 0 aliphatic carbocycles. The summed E-state index contributed by atoms with van der Waals surface area (Å²) >= 11 is 3.45. The number of aliphatic carboxylic acids is 1. The molecule has 4 nitrogen and oxygen atoms in total. The van der Waals surface area contributed by atoms with Gasteiger partial charge in [0, 0.05) is 28.0 Å². The number of hydrogen-bond acceptors (Lipinski definition) is 2. The molecule has 0 spiro atoms. The van der Waals surface area contributed by atoms with E-state index in [0.29, 0.717) is 6.42 Å². The highest BCUT2D eigenvalue weighted by Gasteiger charge is 2.15. The Kier molecular flexibility index (Phi) is 2.98. The lowest BCUT2D eigenvalue weighted by molar-refractivity contribution is -0.138. The first-order valence-corrected chi connectivity index (χ1v) is 5.61. The second kappa shape index (κ2) is 4.27. The molecule has 0 aliphatic rings. The van der Waals surface area contributed by atoms with E-state index in [1.807, 2.05) is 18.2 Å². The third kappa shape index (κ3) is 1.96. The first-order chi connectivity index (χ1) is 7.59. The molecule has 0 fully saturated rings. The lowest BCUT2D eigenvalue weighted by Gasteiger charge is -2.05. The van der Waals surface area contributed by atoms with Crippen LogP contribution in [-0.4, -0.2) is 22.1 Å². The van der Waals surface area contributed by atoms with E-state index in [1.54, 1.807) is 6.20 Å². The molecular weight excluding hydrogens is 272 g/mol. The standard InChI is InChI=1S/C11H11BrN2O2/c12-7-2-1-3-9-10(7)6(5-14-9)4-8(13)11(15)16/h1-3,5,8,14H,4,13H2,(H,15,16)/t8-/m1/s1. The Morgan fingerprint density at radius 3 is 3.00 bits per heavy atom. The fourth-order valence-electron chi connectivity index (χ4n) is 1.69. The van der Waals surface area contributed by atoms with E-state index in [1.165, 1.54) is 0 Å². The molecule has 2 aromatic rings. The largest absolute Gasteiger partial charge is 0.480 e. The van der Waals surface area contributed by atoms with Crippen LogP contribution >= 0.6 is 15.9 Å². The maximum atomic E-state index is 10.7. The minimum absolute atomic E-state index is 0.317. The van der Waals surface area contributed by atoms with Crippen molar-refractivity contribution in [2.75, 3.05) is 0 Å². The zero-order valence-electron chi connectivity index (χ0n) is 8.40. The summed E-state index contributed by atoms with van der Waals surface area (Å²) in [7, 11) is 0. The second-order valence-electron chi connectivity index (χ2n) is 3.63. The zero-order chi connectivity index (χ0) is 11.7. The molecule has 0 unspecified atom stereocenters. The fourth-order valence-corrected chi connectivity index (χ4v) is 2.31. The molecule has 0 saturated heterocycles. The predicted octanol–water partition coefficient (Wildman–Crippen LogP) is 1.88. The van der Waals surface area contributed by atoms with Crippen molar-refractivity contribution in [3.63, 3.8) is 0 Å². The van der Waals surface area contributed by atoms with Gasteiger partial charge >= 0.3 is 5.97 Å². The minimum Gasteiger partial charge on any atom is -0.480 e. The van der Waals surface area contributed by atoms with Crippen LogP contribution < -0.4 is 5.73 Å². The molecule has 1 aromatic carbocycles. The molecule has 2 rings (SSSR count). The van der Waals surface area contributed by atoms with Crippen LogP contribution in [0, 0.1) is 0 Å². The first-order valence-electron chi connectivity index (χ1n) is 4.82. The van der Waals surface area contributed by atoms with Crippen molar-refractivity contribution in [2.24, 2.45) is 5.73 Å². The van der Waals surface area contributed by atoms with Gasteiger partial charge in [-0.15, -0.1) is 0 Å². The number of nitrogens with two attached hydrogens (primary N) is 1. The molecule has 0 radical (unpaired) electrons. The molecule has 0 bridgehead atoms. The zero-order valence-corrected chi connectivity index (χ0v) is 9.99. The summed E-state index contributed by atoms with van der Waals surface area (Å²) in [5.74, 6) is -0.985. The van der Waals surface area contributed by atoms with Crippen LogP contribution in [-0.2, 0) is 11.2 Å². The number of H-pyrrole nitrogens is 1. The van der Waals surface area contributed by atoms with Crippen molar-refractivity contribution in [2.45, 2.75) is 12.5 Å². The Bertz CT molecular complexity index is 536. The summed E-state index contributed by atoms with van der Waals surface area (Å²) in [6, 6.07) is 4.91. The van der Waals surface area contributed by atoms with E-state index < -0.39 is 12.0 Å². The smallest absolute Gasteiger partial charge is 0.320 e. The molecule has 1 heterocycles. The Morgan fingerprint density at radius 2 is 2.31 bits per heavy atom. The van der Waals surface area contributed by atoms with Crippen LogP contribution in [0.15, 0.2) is 28.9 Å². The van der Waals surface area contributed by atoms with Gasteiger partial charge in [-0.05, 0) is 17.7 Å². The number of nitrogens with one attached hydrogen (secondary N) is 1. The quantitative estimate of drug-likeness (QED) is 0.804. The van der Waals surface area contributed by atoms with Gasteiger partial charge in [0.15, 0.2) is 0 Å². The number of aromatic nitrogens is 1. The van der Waals surface area contributed by atoms with Crippen LogP contribution in [0.1, 0.15) is 5.56 Å². The summed E-state index contributed by atoms with van der Waals surface area (Å²) in [6.45, 7) is 0. The maximum absolute atomic E-state index is 10.7. The van der Waals surface area contributed by atoms with Crippen molar-refractivity contribution in [1.82, 2.24) is 4.98 Å². The molecule has 5 heteroatoms. The SMILES string of the molecule is N[C@H](Cc1c[nH]c2cccc(Br)c12)C(=O)O. The normalized spacial score (nSPS) is 12.9. The van der Waals surface area contributed by atoms with Crippen LogP contribution in [0.2, 0.25) is 0 Å². The molecule has 0 saturated carbocycles. The number of hydrogen-bond donors (Lipinski definition) is 3. The van der Waals surface area contributed by atoms with E-state index in [4.69, 9.17) is 10.8 Å². The highest BCUT2D eigenvalue weighted by atomic mass is 79.9. The van der Waals surface area contributed by atoms with E-state index >= 15 is 0 Å². The lowest BCUT2D eigenvalue weighted by Crippen LogP contribution is -2.32. The van der Waals surface area contributed by atoms with Gasteiger partial charge in [-0.2, -0.15) is 0 Å². The molecule has 0 aliphatic heterocycles. The fraction of sp³-hybridized carbons (Fsp3) is 0.182. The summed E-state index contributed by atoms with van der Waals surface area (Å²) in [4.78, 5) is 13.8. The Balaban J connectivity index is 2.42. The third-order valence-corrected chi connectivity index (χ3v) is 3.15. The van der Waals surface area contributed by atoms with Gasteiger partial charge in [-0.25, -0.2) is 0 Å². The van der Waals surface area contributed by atoms with Crippen LogP contribution in [0.5, 0.6) is 0 Å². The molecule has 4 N–H and O–H groups in total. The maximum Gasteiger partial charge on any atom is 0.320 e. The first kappa shape index (κ1) is 11.2. The van der Waals surface area contributed by atoms with Crippen molar-refractivity contribution in [3.05, 3.63) is 34.4 Å². The molecule has 16 heavy (non-hydrogen) atoms. The molecule has 84 valence electrons. The van der Waals surface area contributed by atoms with Gasteiger partial charge in [-0.3, -0.25) is 4.79 Å². The molecule has 1 atom stereocenters. The predicted molar refractivity (Wildman–Crippen MR) is 65.3 cm³/mol. The van der Waals surface area contributed by atoms with E-state index in [-0.39, 0.29) is 0 Å². The minimum atomic E-state index is -0.985. The summed E-state index contributed by atoms with van der Waals surface area (Å²) in [5.41, 5.74) is 7.41. The summed E-state index contributed by atoms with van der Waals surface area (Å²) < 4.78 is 0.943. The lowest BCUT2D eigenvalue weighted by atomic mass is 10.1. The number of carboxylic acid groups (broad SMARTS) is 1. The van der Waals surface area contributed by atoms with Gasteiger partial charge in [-0.1, -0.05) is 22.0 Å². The van der Waals surface area contributed by atoms with Crippen LogP contribution in [0.25, 0.3) is 10.9 Å². The van der Waals surface area contributed by atoms with Crippen molar-refractivity contribution in [3.8, 4) is 0 Å².